The summed E-state index contributed by atoms with van der Waals surface area (Å²) in [5, 5.41) is 0. The third-order valence-electron chi connectivity index (χ3n) is 3.36. The Morgan fingerprint density at radius 3 is 2.29 bits per heavy atom. The molecule has 0 bridgehead atoms. The van der Waals surface area contributed by atoms with Crippen molar-refractivity contribution in [3.8, 4) is 0 Å². The van der Waals surface area contributed by atoms with E-state index in [1.807, 2.05) is 20.8 Å². The van der Waals surface area contributed by atoms with Crippen LogP contribution in [-0.4, -0.2) is 53.3 Å². The zero-order valence-electron chi connectivity index (χ0n) is 11.1. The van der Waals surface area contributed by atoms with Crippen molar-refractivity contribution >= 4 is 11.8 Å². The van der Waals surface area contributed by atoms with Gasteiger partial charge in [0.25, 0.3) is 0 Å². The van der Waals surface area contributed by atoms with E-state index in [0.717, 1.165) is 0 Å². The van der Waals surface area contributed by atoms with E-state index in [1.165, 1.54) is 0 Å². The van der Waals surface area contributed by atoms with Crippen molar-refractivity contribution in [2.45, 2.75) is 39.8 Å². The molecule has 1 fully saturated rings. The molecule has 1 aliphatic rings. The third kappa shape index (κ3) is 3.19. The summed E-state index contributed by atoms with van der Waals surface area (Å²) >= 11 is 0. The molecular formula is C12H23N3O2. The zero-order chi connectivity index (χ0) is 13.2. The molecule has 0 aromatic rings. The van der Waals surface area contributed by atoms with Gasteiger partial charge in [-0.2, -0.15) is 0 Å². The molecule has 5 nitrogen and oxygen atoms in total. The lowest BCUT2D eigenvalue weighted by Gasteiger charge is -2.41. The van der Waals surface area contributed by atoms with Crippen LogP contribution >= 0.6 is 0 Å². The maximum Gasteiger partial charge on any atom is 0.240 e. The minimum atomic E-state index is -0.443. The van der Waals surface area contributed by atoms with Gasteiger partial charge in [0, 0.05) is 32.6 Å². The number of hydrogen-bond acceptors (Lipinski definition) is 3. The second kappa shape index (κ2) is 5.49. The van der Waals surface area contributed by atoms with Gasteiger partial charge in [-0.1, -0.05) is 13.8 Å². The van der Waals surface area contributed by atoms with Gasteiger partial charge < -0.3 is 15.5 Å². The van der Waals surface area contributed by atoms with E-state index in [0.29, 0.717) is 19.6 Å². The summed E-state index contributed by atoms with van der Waals surface area (Å²) < 4.78 is 0. The largest absolute Gasteiger partial charge is 0.339 e. The summed E-state index contributed by atoms with van der Waals surface area (Å²) in [6.07, 6.45) is 0. The van der Waals surface area contributed by atoms with Crippen LogP contribution in [0, 0.1) is 5.92 Å². The molecule has 98 valence electrons. The van der Waals surface area contributed by atoms with Crippen molar-refractivity contribution in [3.63, 3.8) is 0 Å². The number of amides is 2. The van der Waals surface area contributed by atoms with Crippen LogP contribution < -0.4 is 5.73 Å². The molecule has 2 atom stereocenters. The normalized spacial score (nSPS) is 22.8. The molecule has 0 saturated carbocycles. The van der Waals surface area contributed by atoms with Gasteiger partial charge in [0.15, 0.2) is 0 Å². The molecule has 0 aliphatic carbocycles. The van der Waals surface area contributed by atoms with E-state index in [9.17, 15) is 9.59 Å². The molecule has 0 spiro atoms. The monoisotopic (exact) mass is 241 g/mol. The van der Waals surface area contributed by atoms with Gasteiger partial charge in [-0.15, -0.1) is 0 Å². The van der Waals surface area contributed by atoms with Crippen molar-refractivity contribution in [3.05, 3.63) is 0 Å². The number of rotatable bonds is 2. The van der Waals surface area contributed by atoms with Crippen LogP contribution in [0.1, 0.15) is 27.7 Å². The minimum Gasteiger partial charge on any atom is -0.339 e. The second-order valence-electron chi connectivity index (χ2n) is 5.12. The maximum absolute atomic E-state index is 12.1. The Labute approximate surface area is 103 Å². The highest BCUT2D eigenvalue weighted by molar-refractivity contribution is 5.82. The molecule has 1 saturated heterocycles. The third-order valence-corrected chi connectivity index (χ3v) is 3.36. The lowest BCUT2D eigenvalue weighted by atomic mass is 10.0. The number of nitrogens with zero attached hydrogens (tertiary/aromatic N) is 2. The highest BCUT2D eigenvalue weighted by Crippen LogP contribution is 2.13. The first-order chi connectivity index (χ1) is 7.84. The number of nitrogens with two attached hydrogens (primary N) is 1. The van der Waals surface area contributed by atoms with Crippen molar-refractivity contribution in [1.82, 2.24) is 9.80 Å². The predicted molar refractivity (Wildman–Crippen MR) is 66.2 cm³/mol. The molecular weight excluding hydrogens is 218 g/mol. The van der Waals surface area contributed by atoms with Crippen LogP contribution in [0.2, 0.25) is 0 Å². The summed E-state index contributed by atoms with van der Waals surface area (Å²) in [6, 6.07) is -0.397. The fourth-order valence-corrected chi connectivity index (χ4v) is 2.05. The first-order valence-electron chi connectivity index (χ1n) is 6.16. The first-order valence-corrected chi connectivity index (χ1v) is 6.16. The van der Waals surface area contributed by atoms with Gasteiger partial charge in [0.2, 0.25) is 11.8 Å². The van der Waals surface area contributed by atoms with E-state index < -0.39 is 6.04 Å². The van der Waals surface area contributed by atoms with E-state index in [2.05, 4.69) is 0 Å². The number of carbonyl (C=O) groups is 2. The Hall–Kier alpha value is -1.10. The van der Waals surface area contributed by atoms with Gasteiger partial charge >= 0.3 is 0 Å². The van der Waals surface area contributed by atoms with Crippen molar-refractivity contribution in [2.24, 2.45) is 11.7 Å². The summed E-state index contributed by atoms with van der Waals surface area (Å²) in [4.78, 5) is 27.0. The van der Waals surface area contributed by atoms with Crippen LogP contribution in [0.4, 0.5) is 0 Å². The minimum absolute atomic E-state index is 0.00398. The SMILES string of the molecule is CC(=O)N1CCN(C(=O)[C@@H](N)C(C)C)[C@H](C)C1. The Morgan fingerprint density at radius 1 is 1.29 bits per heavy atom. The molecule has 1 aliphatic heterocycles. The molecule has 2 N–H and O–H groups in total. The van der Waals surface area contributed by atoms with E-state index in [4.69, 9.17) is 5.73 Å². The summed E-state index contributed by atoms with van der Waals surface area (Å²) in [7, 11) is 0. The quantitative estimate of drug-likeness (QED) is 0.743. The Morgan fingerprint density at radius 2 is 1.88 bits per heavy atom. The molecule has 1 rings (SSSR count). The highest BCUT2D eigenvalue weighted by atomic mass is 16.2. The van der Waals surface area contributed by atoms with Crippen LogP contribution in [0.3, 0.4) is 0 Å². The van der Waals surface area contributed by atoms with E-state index >= 15 is 0 Å². The number of piperazine rings is 1. The smallest absolute Gasteiger partial charge is 0.240 e. The second-order valence-corrected chi connectivity index (χ2v) is 5.12. The van der Waals surface area contributed by atoms with Crippen molar-refractivity contribution < 1.29 is 9.59 Å². The van der Waals surface area contributed by atoms with Gasteiger partial charge in [0.1, 0.15) is 0 Å². The topological polar surface area (TPSA) is 66.6 Å². The summed E-state index contributed by atoms with van der Waals surface area (Å²) in [5.41, 5.74) is 5.88. The molecule has 1 heterocycles. The van der Waals surface area contributed by atoms with Crippen LogP contribution in [0.25, 0.3) is 0 Å². The predicted octanol–water partition coefficient (Wildman–Crippen LogP) is 0.0489. The average molecular weight is 241 g/mol. The molecule has 0 unspecified atom stereocenters. The molecule has 17 heavy (non-hydrogen) atoms. The van der Waals surface area contributed by atoms with Gasteiger partial charge in [-0.05, 0) is 12.8 Å². The Bertz CT molecular complexity index is 304. The van der Waals surface area contributed by atoms with Gasteiger partial charge in [-0.25, -0.2) is 0 Å². The fourth-order valence-electron chi connectivity index (χ4n) is 2.05. The van der Waals surface area contributed by atoms with Crippen LogP contribution in [0.5, 0.6) is 0 Å². The average Bonchev–Trinajstić information content (AvgIpc) is 2.26. The molecule has 0 aromatic heterocycles. The molecule has 0 aromatic carbocycles. The first kappa shape index (κ1) is 14.0. The Balaban J connectivity index is 2.63. The van der Waals surface area contributed by atoms with E-state index in [1.54, 1.807) is 16.7 Å². The highest BCUT2D eigenvalue weighted by Gasteiger charge is 2.31. The summed E-state index contributed by atoms with van der Waals surface area (Å²) in [5.74, 6) is 0.202. The molecule has 0 radical (unpaired) electrons. The lowest BCUT2D eigenvalue weighted by Crippen LogP contribution is -2.59. The number of carbonyl (C=O) groups excluding carboxylic acids is 2. The standard InChI is InChI=1S/C12H23N3O2/c1-8(2)11(13)12(17)15-6-5-14(10(4)16)7-9(15)3/h8-9,11H,5-7,13H2,1-4H3/t9-,11+/m1/s1. The van der Waals surface area contributed by atoms with Crippen molar-refractivity contribution in [2.75, 3.05) is 19.6 Å². The fraction of sp³-hybridized carbons (Fsp3) is 0.833. The summed E-state index contributed by atoms with van der Waals surface area (Å²) in [6.45, 7) is 9.20. The van der Waals surface area contributed by atoms with Crippen molar-refractivity contribution in [1.29, 1.82) is 0 Å². The van der Waals surface area contributed by atoms with E-state index in [-0.39, 0.29) is 23.8 Å². The Kier molecular flexibility index (Phi) is 4.51. The lowest BCUT2D eigenvalue weighted by molar-refractivity contribution is -0.143. The maximum atomic E-state index is 12.1. The van der Waals surface area contributed by atoms with Gasteiger partial charge in [-0.3, -0.25) is 9.59 Å². The number of hydrogen-bond donors (Lipinski definition) is 1. The van der Waals surface area contributed by atoms with Gasteiger partial charge in [0.05, 0.1) is 6.04 Å². The zero-order valence-corrected chi connectivity index (χ0v) is 11.1. The van der Waals surface area contributed by atoms with Crippen LogP contribution in [-0.2, 0) is 9.59 Å². The molecule has 5 heteroatoms. The van der Waals surface area contributed by atoms with Crippen LogP contribution in [0.15, 0.2) is 0 Å². The molecule has 2 amide bonds.